The first-order valence-electron chi connectivity index (χ1n) is 21.5. The molecule has 0 radical (unpaired) electrons. The number of benzene rings is 5. The van der Waals surface area contributed by atoms with Gasteiger partial charge in [-0.1, -0.05) is 91.3 Å². The summed E-state index contributed by atoms with van der Waals surface area (Å²) < 4.78 is 80.9. The highest BCUT2D eigenvalue weighted by atomic mass is 35.5. The highest BCUT2D eigenvalue weighted by Crippen LogP contribution is 2.34. The standard InChI is InChI=1S/C29H28ClF3N4O2.C22H16F3N3/c1-2-25-27(37-18-22(30)7-12-26(37)35-25)28(38)34-17-19-3-8-23(9-4-19)36-15-13-21(14-16-36)20-5-10-24(11-6-20)39-29(31,32)33;23-22(24,25)18-11-9-17(10-12-18)16-7-5-15(6-8-16)13-26-21-19-3-1-2-4-20(19)27-14-28-21/h3-12,18,21H,2,13-17H2,1H3,(H,34,38);1-12,14H,13H2,(H,26,27,28). The van der Waals surface area contributed by atoms with Crippen molar-refractivity contribution in [3.8, 4) is 16.9 Å². The lowest BCUT2D eigenvalue weighted by Gasteiger charge is -2.34. The molecule has 0 atom stereocenters. The van der Waals surface area contributed by atoms with E-state index in [0.717, 1.165) is 94.0 Å². The molecule has 0 unspecified atom stereocenters. The molecule has 3 aromatic heterocycles. The second-order valence-corrected chi connectivity index (χ2v) is 16.4. The van der Waals surface area contributed by atoms with Gasteiger partial charge in [-0.15, -0.1) is 13.2 Å². The summed E-state index contributed by atoms with van der Waals surface area (Å²) in [6.07, 6.45) is -3.34. The van der Waals surface area contributed by atoms with Gasteiger partial charge in [-0.25, -0.2) is 15.0 Å². The smallest absolute Gasteiger partial charge is 0.406 e. The quantitative estimate of drug-likeness (QED) is 0.125. The van der Waals surface area contributed by atoms with E-state index in [1.165, 1.54) is 30.6 Å². The number of carbonyl (C=O) groups excluding carboxylic acids is 1. The van der Waals surface area contributed by atoms with Crippen molar-refractivity contribution >= 4 is 45.6 Å². The van der Waals surface area contributed by atoms with Crippen molar-refractivity contribution < 1.29 is 35.9 Å². The van der Waals surface area contributed by atoms with Gasteiger partial charge in [-0.05, 0) is 114 Å². The van der Waals surface area contributed by atoms with Crippen molar-refractivity contribution in [2.24, 2.45) is 0 Å². The zero-order valence-corrected chi connectivity index (χ0v) is 36.8. The van der Waals surface area contributed by atoms with Crippen LogP contribution in [0, 0.1) is 0 Å². The van der Waals surface area contributed by atoms with E-state index in [2.05, 4.69) is 47.4 Å². The first-order chi connectivity index (χ1) is 32.2. The summed E-state index contributed by atoms with van der Waals surface area (Å²) in [7, 11) is 0. The number of rotatable bonds is 11. The minimum Gasteiger partial charge on any atom is -0.406 e. The van der Waals surface area contributed by atoms with E-state index in [-0.39, 0.29) is 17.6 Å². The van der Waals surface area contributed by atoms with Crippen molar-refractivity contribution in [2.75, 3.05) is 23.3 Å². The van der Waals surface area contributed by atoms with Crippen LogP contribution in [-0.4, -0.2) is 44.7 Å². The van der Waals surface area contributed by atoms with Crippen LogP contribution in [0.4, 0.5) is 37.8 Å². The Hall–Kier alpha value is -7.13. The third-order valence-electron chi connectivity index (χ3n) is 11.5. The zero-order chi connectivity index (χ0) is 47.1. The summed E-state index contributed by atoms with van der Waals surface area (Å²) in [6.45, 7) is 4.61. The Morgan fingerprint density at radius 3 is 2.06 bits per heavy atom. The van der Waals surface area contributed by atoms with Crippen molar-refractivity contribution in [1.29, 1.82) is 0 Å². The molecule has 8 aromatic rings. The van der Waals surface area contributed by atoms with E-state index >= 15 is 0 Å². The number of imidazole rings is 1. The summed E-state index contributed by atoms with van der Waals surface area (Å²) in [4.78, 5) is 28.4. The molecule has 344 valence electrons. The fourth-order valence-corrected chi connectivity index (χ4v) is 8.22. The average Bonchev–Trinajstić information content (AvgIpc) is 3.70. The van der Waals surface area contributed by atoms with E-state index in [9.17, 15) is 31.1 Å². The maximum absolute atomic E-state index is 13.0. The Bertz CT molecular complexity index is 2930. The topological polar surface area (TPSA) is 96.7 Å². The number of hydrogen-bond acceptors (Lipinski definition) is 7. The number of nitrogens with one attached hydrogen (secondary N) is 2. The van der Waals surface area contributed by atoms with Gasteiger partial charge in [0, 0.05) is 43.4 Å². The minimum absolute atomic E-state index is 0.200. The maximum Gasteiger partial charge on any atom is 0.573 e. The number of ether oxygens (including phenoxy) is 1. The lowest BCUT2D eigenvalue weighted by atomic mass is 9.89. The number of halogens is 7. The molecule has 9 rings (SSSR count). The van der Waals surface area contributed by atoms with Crippen molar-refractivity contribution in [3.63, 3.8) is 0 Å². The van der Waals surface area contributed by atoms with Crippen LogP contribution in [-0.2, 0) is 25.7 Å². The predicted molar refractivity (Wildman–Crippen MR) is 248 cm³/mol. The van der Waals surface area contributed by atoms with Crippen LogP contribution in [0.25, 0.3) is 27.7 Å². The largest absolute Gasteiger partial charge is 0.573 e. The molecule has 1 amide bonds. The summed E-state index contributed by atoms with van der Waals surface area (Å²) in [5.74, 6) is 0.648. The Balaban J connectivity index is 0.000000192. The monoisotopic (exact) mass is 935 g/mol. The van der Waals surface area contributed by atoms with Crippen LogP contribution in [0.15, 0.2) is 146 Å². The third kappa shape index (κ3) is 11.6. The van der Waals surface area contributed by atoms with Crippen LogP contribution in [0.3, 0.4) is 0 Å². The Morgan fingerprint density at radius 1 is 0.761 bits per heavy atom. The average molecular weight is 936 g/mol. The predicted octanol–water partition coefficient (Wildman–Crippen LogP) is 12.7. The van der Waals surface area contributed by atoms with Crippen LogP contribution < -0.4 is 20.3 Å². The van der Waals surface area contributed by atoms with Gasteiger partial charge in [0.25, 0.3) is 5.91 Å². The molecule has 1 saturated heterocycles. The summed E-state index contributed by atoms with van der Waals surface area (Å²) >= 11 is 6.14. The fourth-order valence-electron chi connectivity index (χ4n) is 8.06. The van der Waals surface area contributed by atoms with Crippen LogP contribution in [0.1, 0.15) is 64.1 Å². The molecular weight excluding hydrogens is 892 g/mol. The second-order valence-electron chi connectivity index (χ2n) is 15.9. The molecule has 67 heavy (non-hydrogen) atoms. The number of piperidine rings is 1. The number of amides is 1. The number of alkyl halides is 6. The molecule has 16 heteroatoms. The zero-order valence-electron chi connectivity index (χ0n) is 36.1. The van der Waals surface area contributed by atoms with Gasteiger partial charge >= 0.3 is 12.5 Å². The number of hydrogen-bond donors (Lipinski definition) is 2. The second kappa shape index (κ2) is 20.2. The lowest BCUT2D eigenvalue weighted by Crippen LogP contribution is -2.32. The van der Waals surface area contributed by atoms with Crippen molar-refractivity contribution in [2.45, 2.75) is 57.7 Å². The van der Waals surface area contributed by atoms with Gasteiger partial charge < -0.3 is 20.3 Å². The van der Waals surface area contributed by atoms with E-state index in [0.29, 0.717) is 35.9 Å². The van der Waals surface area contributed by atoms with Gasteiger partial charge in [-0.2, -0.15) is 13.2 Å². The Kier molecular flexibility index (Phi) is 14.0. The molecule has 1 fully saturated rings. The molecule has 1 aliphatic rings. The lowest BCUT2D eigenvalue weighted by molar-refractivity contribution is -0.274. The van der Waals surface area contributed by atoms with E-state index in [1.807, 2.05) is 67.6 Å². The fraction of sp³-hybridized carbons (Fsp3) is 0.216. The molecule has 1 aliphatic heterocycles. The molecule has 5 aromatic carbocycles. The normalized spacial score (nSPS) is 13.3. The van der Waals surface area contributed by atoms with Crippen molar-refractivity contribution in [1.82, 2.24) is 24.7 Å². The third-order valence-corrected chi connectivity index (χ3v) is 11.8. The van der Waals surface area contributed by atoms with E-state index in [1.54, 1.807) is 34.9 Å². The molecule has 0 saturated carbocycles. The number of fused-ring (bicyclic) bond motifs is 2. The molecule has 2 N–H and O–H groups in total. The van der Waals surface area contributed by atoms with E-state index in [4.69, 9.17) is 11.6 Å². The number of anilines is 2. The Morgan fingerprint density at radius 2 is 1.40 bits per heavy atom. The summed E-state index contributed by atoms with van der Waals surface area (Å²) in [5.41, 5.74) is 7.88. The maximum atomic E-state index is 13.0. The first-order valence-corrected chi connectivity index (χ1v) is 21.9. The molecule has 0 spiro atoms. The summed E-state index contributed by atoms with van der Waals surface area (Å²) in [6, 6.07) is 38.5. The number of para-hydroxylation sites is 1. The van der Waals surface area contributed by atoms with Gasteiger partial charge in [0.1, 0.15) is 29.2 Å². The highest BCUT2D eigenvalue weighted by molar-refractivity contribution is 6.30. The van der Waals surface area contributed by atoms with Crippen LogP contribution >= 0.6 is 11.6 Å². The molecule has 0 bridgehead atoms. The SMILES string of the molecule is CCc1nc2ccc(Cl)cn2c1C(=O)NCc1ccc(N2CCC(c3ccc(OC(F)(F)F)cc3)CC2)cc1.FC(F)(F)c1ccc(-c2ccc(CNc3ncnc4ccccc34)cc2)cc1. The number of carbonyl (C=O) groups is 1. The minimum atomic E-state index is -4.68. The highest BCUT2D eigenvalue weighted by Gasteiger charge is 2.32. The number of aromatic nitrogens is 4. The van der Waals surface area contributed by atoms with Crippen molar-refractivity contribution in [3.05, 3.63) is 185 Å². The van der Waals surface area contributed by atoms with Crippen LogP contribution in [0.2, 0.25) is 5.02 Å². The van der Waals surface area contributed by atoms with Crippen LogP contribution in [0.5, 0.6) is 5.75 Å². The van der Waals surface area contributed by atoms with Gasteiger partial charge in [-0.3, -0.25) is 9.20 Å². The summed E-state index contributed by atoms with van der Waals surface area (Å²) in [5, 5.41) is 7.79. The molecule has 4 heterocycles. The number of aryl methyl sites for hydroxylation is 1. The number of pyridine rings is 1. The van der Waals surface area contributed by atoms with E-state index < -0.39 is 18.1 Å². The van der Waals surface area contributed by atoms with Gasteiger partial charge in [0.15, 0.2) is 0 Å². The Labute approximate surface area is 387 Å². The molecular formula is C51H44ClF6N7O2. The van der Waals surface area contributed by atoms with Gasteiger partial charge in [0.2, 0.25) is 0 Å². The first kappa shape index (κ1) is 46.4. The molecule has 9 nitrogen and oxygen atoms in total. The number of nitrogens with zero attached hydrogens (tertiary/aromatic N) is 5. The van der Waals surface area contributed by atoms with Gasteiger partial charge in [0.05, 0.1) is 21.8 Å². The molecule has 0 aliphatic carbocycles.